The third kappa shape index (κ3) is 5.83. The number of phenolic OH excluding ortho intramolecular Hbond substituents is 2. The molecular formula is C27H29NNaO13P. The number of fused-ring (bicyclic) bond motifs is 3. The molecule has 3 aliphatic rings. The number of hydrogen-bond donors (Lipinski definition) is 5. The van der Waals surface area contributed by atoms with Crippen LogP contribution < -0.4 is 44.9 Å². The van der Waals surface area contributed by atoms with Crippen LogP contribution in [0.2, 0.25) is 0 Å². The maximum Gasteiger partial charge on any atom is 1.00 e. The van der Waals surface area contributed by atoms with E-state index in [2.05, 4.69) is 4.52 Å². The van der Waals surface area contributed by atoms with Crippen molar-refractivity contribution in [2.45, 2.75) is 69.4 Å². The van der Waals surface area contributed by atoms with Crippen molar-refractivity contribution in [1.82, 2.24) is 0 Å². The number of benzene rings is 2. The molecule has 0 spiro atoms. The van der Waals surface area contributed by atoms with E-state index in [0.29, 0.717) is 0 Å². The number of Topliss-reactive ketones (excluding diaryl/α,β-unsaturated/α-hetero) is 1. The third-order valence-corrected chi connectivity index (χ3v) is 8.53. The second kappa shape index (κ2) is 12.0. The molecule has 0 amide bonds. The van der Waals surface area contributed by atoms with Gasteiger partial charge in [-0.3, -0.25) is 18.9 Å². The van der Waals surface area contributed by atoms with Gasteiger partial charge in [0.1, 0.15) is 29.0 Å². The van der Waals surface area contributed by atoms with Crippen LogP contribution in [-0.4, -0.2) is 74.8 Å². The van der Waals surface area contributed by atoms with Crippen molar-refractivity contribution in [2.75, 3.05) is 7.11 Å². The van der Waals surface area contributed by atoms with Gasteiger partial charge in [-0.25, -0.2) is 0 Å². The van der Waals surface area contributed by atoms with Gasteiger partial charge in [-0.1, -0.05) is 12.1 Å². The number of carbonyl (C=O) groups is 3. The average Bonchev–Trinajstić information content (AvgIpc) is 2.90. The molecule has 0 radical (unpaired) electrons. The van der Waals surface area contributed by atoms with Crippen LogP contribution in [0.4, 0.5) is 0 Å². The first kappa shape index (κ1) is 33.7. The van der Waals surface area contributed by atoms with Crippen molar-refractivity contribution >= 4 is 25.2 Å². The fraction of sp³-hybridized carbons (Fsp3) is 0.444. The Morgan fingerprint density at radius 2 is 1.81 bits per heavy atom. The first-order chi connectivity index (χ1) is 19.6. The quantitative estimate of drug-likeness (QED) is 0.108. The summed E-state index contributed by atoms with van der Waals surface area (Å²) in [6, 6.07) is 3.31. The van der Waals surface area contributed by atoms with E-state index in [1.807, 2.05) is 0 Å². The zero-order chi connectivity index (χ0) is 30.9. The minimum atomic E-state index is -5.15. The summed E-state index contributed by atoms with van der Waals surface area (Å²) in [5.74, 6) is -3.57. The number of hydrogen-bond acceptors (Lipinski definition) is 13. The van der Waals surface area contributed by atoms with Crippen molar-refractivity contribution < 1.29 is 92.3 Å². The predicted molar refractivity (Wildman–Crippen MR) is 139 cm³/mol. The van der Waals surface area contributed by atoms with Crippen LogP contribution in [0.15, 0.2) is 18.2 Å². The average molecular weight is 629 g/mol. The summed E-state index contributed by atoms with van der Waals surface area (Å²) in [7, 11) is -3.84. The first-order valence-corrected chi connectivity index (χ1v) is 14.5. The molecule has 1 unspecified atom stereocenters. The molecule has 2 aliphatic carbocycles. The molecule has 1 saturated heterocycles. The van der Waals surface area contributed by atoms with E-state index in [0.717, 1.165) is 6.92 Å². The largest absolute Gasteiger partial charge is 1.00 e. The summed E-state index contributed by atoms with van der Waals surface area (Å²) >= 11 is 0. The Morgan fingerprint density at radius 1 is 1.16 bits per heavy atom. The van der Waals surface area contributed by atoms with Gasteiger partial charge in [0.2, 0.25) is 5.78 Å². The Balaban J connectivity index is 0.00000423. The zero-order valence-corrected chi connectivity index (χ0v) is 26.6. The topological polar surface area (TPSA) is 235 Å². The Labute approximate surface area is 267 Å². The van der Waals surface area contributed by atoms with Gasteiger partial charge in [-0.05, 0) is 19.9 Å². The van der Waals surface area contributed by atoms with Crippen LogP contribution in [0.5, 0.6) is 17.2 Å². The van der Waals surface area contributed by atoms with E-state index in [1.165, 1.54) is 32.2 Å². The van der Waals surface area contributed by atoms with Gasteiger partial charge in [0, 0.05) is 42.0 Å². The molecule has 1 heterocycles. The van der Waals surface area contributed by atoms with E-state index in [-0.39, 0.29) is 64.0 Å². The van der Waals surface area contributed by atoms with Gasteiger partial charge in [0.25, 0.3) is 7.82 Å². The third-order valence-electron chi connectivity index (χ3n) is 8.02. The predicted octanol–water partition coefficient (Wildman–Crippen LogP) is -2.48. The van der Waals surface area contributed by atoms with E-state index >= 15 is 0 Å². The molecule has 0 bridgehead atoms. The van der Waals surface area contributed by atoms with Crippen LogP contribution in [-0.2, 0) is 29.8 Å². The SMILES string of the molecule is COc1cccc2c1C(=O)c1c(O)c3c(c(O)c1C2=O)C[C@@](O)(C(C)=O)C[C@@H]3O[C@H]1C[C@@H](N)[C@H](OP(=O)([O-])O)[C@H](C)O1.[Na+]. The molecule has 1 aliphatic heterocycles. The maximum absolute atomic E-state index is 13.7. The summed E-state index contributed by atoms with van der Waals surface area (Å²) < 4.78 is 32.9. The molecule has 6 N–H and O–H groups in total. The molecule has 0 saturated carbocycles. The van der Waals surface area contributed by atoms with Gasteiger partial charge in [0.15, 0.2) is 17.9 Å². The number of carbonyl (C=O) groups excluding carboxylic acids is 3. The Bertz CT molecular complexity index is 1550. The summed E-state index contributed by atoms with van der Waals surface area (Å²) in [5.41, 5.74) is 2.51. The van der Waals surface area contributed by atoms with Gasteiger partial charge in [-0.15, -0.1) is 0 Å². The minimum absolute atomic E-state index is 0. The number of phosphoric acid groups is 1. The van der Waals surface area contributed by atoms with E-state index in [4.69, 9.17) is 24.8 Å². The summed E-state index contributed by atoms with van der Waals surface area (Å²) in [4.78, 5) is 60.1. The Kier molecular flexibility index (Phi) is 9.36. The number of nitrogens with two attached hydrogens (primary N) is 1. The van der Waals surface area contributed by atoms with Crippen molar-refractivity contribution in [3.8, 4) is 17.2 Å². The van der Waals surface area contributed by atoms with Gasteiger partial charge in [-0.2, -0.15) is 0 Å². The van der Waals surface area contributed by atoms with Gasteiger partial charge >= 0.3 is 29.6 Å². The minimum Gasteiger partial charge on any atom is -0.756 e. The molecule has 1 fully saturated rings. The Hall–Kier alpha value is -2.20. The molecule has 14 nitrogen and oxygen atoms in total. The molecular weight excluding hydrogens is 600 g/mol. The molecule has 2 aromatic carbocycles. The van der Waals surface area contributed by atoms with Gasteiger partial charge < -0.3 is 49.6 Å². The summed E-state index contributed by atoms with van der Waals surface area (Å²) in [6.45, 7) is 2.55. The van der Waals surface area contributed by atoms with Crippen LogP contribution in [0.1, 0.15) is 75.8 Å². The molecule has 16 heteroatoms. The standard InChI is InChI=1S/C27H30NO13P.Na/c1-10-26(41-42(35,36)37)14(28)7-17(39-10)40-16-9-27(34,11(2)29)8-13-19(16)25(33)21-20(23(13)31)22(30)12-5-4-6-15(38-3)18(12)24(21)32;/h4-6,10,14,16-17,26,31,33-34H,7-9,28H2,1-3H3,(H2,35,36,37);/q;+1/p-1/t10-,14+,16-,17-,26+,27-;/m0./s1. The van der Waals surface area contributed by atoms with Crippen molar-refractivity contribution in [3.63, 3.8) is 0 Å². The van der Waals surface area contributed by atoms with Crippen LogP contribution in [0, 0.1) is 0 Å². The monoisotopic (exact) mass is 629 g/mol. The number of aliphatic hydroxyl groups is 1. The number of ether oxygens (including phenoxy) is 3. The summed E-state index contributed by atoms with van der Waals surface area (Å²) in [6.07, 6.45) is -5.96. The normalized spacial score (nSPS) is 29.4. The van der Waals surface area contributed by atoms with Crippen molar-refractivity contribution in [3.05, 3.63) is 51.6 Å². The first-order valence-electron chi connectivity index (χ1n) is 13.0. The number of ketones is 3. The zero-order valence-electron chi connectivity index (χ0n) is 23.7. The second-order valence-corrected chi connectivity index (χ2v) is 11.8. The van der Waals surface area contributed by atoms with E-state index in [9.17, 15) is 39.2 Å². The molecule has 7 atom stereocenters. The van der Waals surface area contributed by atoms with Crippen molar-refractivity contribution in [2.24, 2.45) is 5.73 Å². The molecule has 2 aromatic rings. The Morgan fingerprint density at radius 3 is 2.40 bits per heavy atom. The molecule has 226 valence electrons. The molecule has 43 heavy (non-hydrogen) atoms. The van der Waals surface area contributed by atoms with E-state index in [1.54, 1.807) is 0 Å². The second-order valence-electron chi connectivity index (χ2n) is 10.7. The fourth-order valence-electron chi connectivity index (χ4n) is 5.97. The molecule has 0 aromatic heterocycles. The van der Waals surface area contributed by atoms with Crippen LogP contribution in [0.25, 0.3) is 0 Å². The van der Waals surface area contributed by atoms with Crippen LogP contribution >= 0.6 is 7.82 Å². The molecule has 5 rings (SSSR count). The number of methoxy groups -OCH3 is 1. The number of phenols is 2. The van der Waals surface area contributed by atoms with Crippen molar-refractivity contribution in [1.29, 1.82) is 0 Å². The fourth-order valence-corrected chi connectivity index (χ4v) is 6.60. The number of rotatable bonds is 6. The number of phosphoric ester groups is 1. The van der Waals surface area contributed by atoms with Crippen LogP contribution in [0.3, 0.4) is 0 Å². The number of aromatic hydroxyl groups is 2. The maximum atomic E-state index is 13.7. The van der Waals surface area contributed by atoms with Gasteiger partial charge in [0.05, 0.1) is 36.0 Å². The smallest absolute Gasteiger partial charge is 0.756 e. The summed E-state index contributed by atoms with van der Waals surface area (Å²) in [5, 5.41) is 34.1. The van der Waals surface area contributed by atoms with E-state index < -0.39 is 96.9 Å².